The van der Waals surface area contributed by atoms with Crippen LogP contribution in [-0.2, 0) is 26.0 Å². The van der Waals surface area contributed by atoms with Crippen LogP contribution in [0.15, 0.2) is 0 Å². The Morgan fingerprint density at radius 1 is 1.50 bits per heavy atom. The molecule has 7 nitrogen and oxygen atoms in total. The molecule has 0 unspecified atom stereocenters. The van der Waals surface area contributed by atoms with Crippen molar-refractivity contribution in [2.24, 2.45) is 5.73 Å². The van der Waals surface area contributed by atoms with E-state index < -0.39 is 19.7 Å². The molecule has 0 aliphatic carbocycles. The molecule has 68 valence electrons. The molecule has 0 aromatic carbocycles. The van der Waals surface area contributed by atoms with Crippen LogP contribution in [0.1, 0.15) is 6.92 Å². The van der Waals surface area contributed by atoms with Crippen molar-refractivity contribution in [2.45, 2.75) is 6.92 Å². The summed E-state index contributed by atoms with van der Waals surface area (Å²) >= 11 is -5.75. The minimum Gasteiger partial charge on any atom is 2.00 e. The van der Waals surface area contributed by atoms with E-state index in [4.69, 9.17) is 15.9 Å². The van der Waals surface area contributed by atoms with E-state index in [-0.39, 0.29) is 45.5 Å². The van der Waals surface area contributed by atoms with Crippen molar-refractivity contribution in [3.8, 4) is 0 Å². The standard InChI is InChI=1S/C3H7NO2.Cr.4O.Sr/c1-2-6-3(4)5;;;;;;/h2H2,1H3,(H2,4,5);;;;;;/q;;;;2*-1;+2. The summed E-state index contributed by atoms with van der Waals surface area (Å²) in [6.45, 7) is 2.06. The van der Waals surface area contributed by atoms with Gasteiger partial charge in [-0.3, -0.25) is 0 Å². The second-order valence-electron chi connectivity index (χ2n) is 1.16. The Balaban J connectivity index is -0.000000126. The quantitative estimate of drug-likeness (QED) is 0.516. The Hall–Kier alpha value is 0.803. The van der Waals surface area contributed by atoms with E-state index in [0.717, 1.165) is 0 Å². The summed E-state index contributed by atoms with van der Waals surface area (Å²) in [6.07, 6.45) is -0.711. The number of primary amides is 1. The Morgan fingerprint density at radius 2 is 1.75 bits per heavy atom. The fourth-order valence-electron chi connectivity index (χ4n) is 0.142. The molecule has 0 bridgehead atoms. The van der Waals surface area contributed by atoms with Crippen LogP contribution in [0, 0.1) is 0 Å². The van der Waals surface area contributed by atoms with Gasteiger partial charge in [-0.1, -0.05) is 0 Å². The number of ether oxygens (including phenoxy) is 1. The SMILES string of the molecule is CCOC(N)=O.[O]=[Cr](=[O])([O-])[O-].[Sr+2]. The van der Waals surface area contributed by atoms with Crippen LogP contribution in [0.2, 0.25) is 0 Å². The molecule has 0 saturated heterocycles. The van der Waals surface area contributed by atoms with Gasteiger partial charge in [0.15, 0.2) is 0 Å². The molecular weight excluding hydrogens is 286 g/mol. The van der Waals surface area contributed by atoms with Crippen molar-refractivity contribution < 1.29 is 39.1 Å². The van der Waals surface area contributed by atoms with E-state index >= 15 is 0 Å². The molecule has 2 N–H and O–H groups in total. The summed E-state index contributed by atoms with van der Waals surface area (Å²) < 4.78 is 38.6. The van der Waals surface area contributed by atoms with E-state index in [2.05, 4.69) is 10.5 Å². The molecular formula is C3H7CrNO6Sr. The summed E-state index contributed by atoms with van der Waals surface area (Å²) in [5, 5.41) is 0. The third kappa shape index (κ3) is 71.8. The molecule has 0 aliphatic heterocycles. The largest absolute Gasteiger partial charge is 2.00 e. The van der Waals surface area contributed by atoms with Crippen LogP contribution in [0.5, 0.6) is 0 Å². The summed E-state index contributed by atoms with van der Waals surface area (Å²) in [5.74, 6) is 0. The molecule has 0 aromatic rings. The maximum Gasteiger partial charge on any atom is 2.00 e. The molecule has 0 spiro atoms. The maximum atomic E-state index is 9.60. The first-order chi connectivity index (χ1) is 4.77. The van der Waals surface area contributed by atoms with Gasteiger partial charge in [-0.15, -0.1) is 0 Å². The molecule has 0 saturated carbocycles. The van der Waals surface area contributed by atoms with Crippen LogP contribution >= 0.6 is 0 Å². The number of hydrogen-bond acceptors (Lipinski definition) is 6. The normalized spacial score (nSPS) is 8.58. The van der Waals surface area contributed by atoms with Crippen molar-refractivity contribution >= 4 is 51.6 Å². The monoisotopic (exact) mass is 293 g/mol. The topological polar surface area (TPSA) is 133 Å². The summed E-state index contributed by atoms with van der Waals surface area (Å²) in [7, 11) is 0. The first-order valence-corrected chi connectivity index (χ1v) is 4.44. The van der Waals surface area contributed by atoms with E-state index in [1.807, 2.05) is 0 Å². The van der Waals surface area contributed by atoms with E-state index in [9.17, 15) is 4.79 Å². The number of carbonyl (C=O) groups is 1. The van der Waals surface area contributed by atoms with Crippen molar-refractivity contribution in [3.05, 3.63) is 0 Å². The zero-order valence-electron chi connectivity index (χ0n) is 6.35. The van der Waals surface area contributed by atoms with Crippen molar-refractivity contribution in [1.29, 1.82) is 0 Å². The molecule has 0 radical (unpaired) electrons. The Labute approximate surface area is 109 Å². The molecule has 0 aliphatic rings. The van der Waals surface area contributed by atoms with Gasteiger partial charge in [0.05, 0.1) is 6.61 Å². The van der Waals surface area contributed by atoms with Gasteiger partial charge >= 0.3 is 81.1 Å². The van der Waals surface area contributed by atoms with Gasteiger partial charge in [-0.05, 0) is 6.92 Å². The summed E-state index contributed by atoms with van der Waals surface area (Å²) in [4.78, 5) is 9.60. The van der Waals surface area contributed by atoms with Crippen LogP contribution in [0.4, 0.5) is 4.79 Å². The molecule has 1 amide bonds. The molecule has 0 aromatic heterocycles. The third-order valence-electron chi connectivity index (χ3n) is 0.287. The molecule has 12 heavy (non-hydrogen) atoms. The van der Waals surface area contributed by atoms with Crippen LogP contribution in [-0.4, -0.2) is 58.2 Å². The number of hydrogen-bond donors (Lipinski definition) is 1. The Kier molecular flexibility index (Phi) is 15.3. The zero-order valence-corrected chi connectivity index (χ0v) is 11.1. The first-order valence-electron chi connectivity index (χ1n) is 2.36. The number of rotatable bonds is 1. The van der Waals surface area contributed by atoms with Gasteiger partial charge in [0, 0.05) is 0 Å². The van der Waals surface area contributed by atoms with Gasteiger partial charge in [0.1, 0.15) is 0 Å². The molecule has 0 rings (SSSR count). The van der Waals surface area contributed by atoms with E-state index in [0.29, 0.717) is 6.61 Å². The van der Waals surface area contributed by atoms with E-state index in [1.54, 1.807) is 6.92 Å². The van der Waals surface area contributed by atoms with Gasteiger partial charge < -0.3 is 10.5 Å². The number of carbonyl (C=O) groups excluding carboxylic acids is 1. The molecule has 9 heteroatoms. The smallest absolute Gasteiger partial charge is 2.00 e. The Morgan fingerprint density at radius 3 is 1.75 bits per heavy atom. The van der Waals surface area contributed by atoms with Crippen LogP contribution < -0.4 is 14.1 Å². The summed E-state index contributed by atoms with van der Waals surface area (Å²) in [6, 6.07) is 0. The minimum atomic E-state index is -5.75. The average molecular weight is 293 g/mol. The molecule has 0 fully saturated rings. The maximum absolute atomic E-state index is 9.60. The Bertz CT molecular complexity index is 193. The van der Waals surface area contributed by atoms with E-state index in [1.165, 1.54) is 0 Å². The first kappa shape index (κ1) is 18.6. The molecule has 0 atom stereocenters. The van der Waals surface area contributed by atoms with Gasteiger partial charge in [0.2, 0.25) is 0 Å². The van der Waals surface area contributed by atoms with Crippen molar-refractivity contribution in [3.63, 3.8) is 0 Å². The van der Waals surface area contributed by atoms with Crippen LogP contribution in [0.3, 0.4) is 0 Å². The van der Waals surface area contributed by atoms with Crippen LogP contribution in [0.25, 0.3) is 0 Å². The number of nitrogens with two attached hydrogens (primary N) is 1. The second-order valence-corrected chi connectivity index (χ2v) is 2.44. The second kappa shape index (κ2) is 9.89. The molecule has 0 heterocycles. The van der Waals surface area contributed by atoms with Gasteiger partial charge in [0.25, 0.3) is 0 Å². The predicted molar refractivity (Wildman–Crippen MR) is 28.3 cm³/mol. The fraction of sp³-hybridized carbons (Fsp3) is 0.667. The van der Waals surface area contributed by atoms with Crippen molar-refractivity contribution in [1.82, 2.24) is 0 Å². The van der Waals surface area contributed by atoms with Gasteiger partial charge in [-0.2, -0.15) is 0 Å². The third-order valence-corrected chi connectivity index (χ3v) is 0.287. The zero-order chi connectivity index (χ0) is 9.49. The summed E-state index contributed by atoms with van der Waals surface area (Å²) in [5.41, 5.74) is 4.54. The minimum absolute atomic E-state index is 0. The average Bonchev–Trinajstić information content (AvgIpc) is 1.58. The van der Waals surface area contributed by atoms with Crippen molar-refractivity contribution in [2.75, 3.05) is 6.61 Å². The number of amides is 1. The van der Waals surface area contributed by atoms with Gasteiger partial charge in [-0.25, -0.2) is 4.79 Å². The fourth-order valence-corrected chi connectivity index (χ4v) is 0.142. The predicted octanol–water partition coefficient (Wildman–Crippen LogP) is -2.90.